The van der Waals surface area contributed by atoms with Gasteiger partial charge in [0, 0.05) is 38.8 Å². The van der Waals surface area contributed by atoms with Gasteiger partial charge in [-0.3, -0.25) is 56.6 Å². The second kappa shape index (κ2) is 38.2. The second-order valence-corrected chi connectivity index (χ2v) is 30.1. The zero-order valence-electron chi connectivity index (χ0n) is 62.0. The van der Waals surface area contributed by atoms with E-state index in [1.54, 1.807) is 47.0 Å². The molecule has 25 nitrogen and oxygen atoms in total. The minimum atomic E-state index is -0.374. The summed E-state index contributed by atoms with van der Waals surface area (Å²) < 4.78 is 20.5. The standard InChI is InChI=1S/C17H14Cl2FN3O2.C16H21Cl2N3O2.C14H17Cl2N3O2.2C13H15Cl2N3O2/c1-23-13(8-21-7-9-2-4-10(20)5-3-9)22-15-14(17(23)25)11(18)6-12(19)16(15)24;1-5-20(6-2)8-12-19-14-13(16(23)21(12)9(3)4)10(17)7-11(18)15(14)22;1-7(2)19-10(6-18(3)4)17-12-11(14(19)21)8(15)5-9(16)13(12)20;1-6(2)18-9(5-16-3)17-11-10(13(18)20)7(14)4-8(15)12(11)19;1-4-17(2)6-9-16-11-10(13(20)18(9)3)7(14)5-8(15)12(11)19/h2-6,21,24H,7-8H2,1H3;7,9,22H,5-6,8H2,1-4H3;5,7,20H,6H2,1-4H3;4,6,16,19H,5H2,1-3H3;5,19H,4,6H2,1-3H3. The normalized spacial score (nSPS) is 11.6. The maximum atomic E-state index is 12.9. The molecule has 0 saturated carbocycles. The van der Waals surface area contributed by atoms with Gasteiger partial charge in [0.15, 0.2) is 28.7 Å². The van der Waals surface area contributed by atoms with Gasteiger partial charge in [0.1, 0.15) is 62.5 Å². The molecule has 0 fully saturated rings. The summed E-state index contributed by atoms with van der Waals surface area (Å²) in [4.78, 5) is 91.1. The number of halogens is 11. The monoisotopic (exact) mass is 1700 g/mol. The molecule has 0 atom stereocenters. The fraction of sp³-hybridized carbons (Fsp3) is 0.370. The summed E-state index contributed by atoms with van der Waals surface area (Å²) in [5, 5.41) is 58.6. The van der Waals surface area contributed by atoms with Gasteiger partial charge in [0.05, 0.1) is 110 Å². The molecule has 0 aliphatic carbocycles. The molecule has 0 saturated heterocycles. The predicted molar refractivity (Wildman–Crippen MR) is 437 cm³/mol. The summed E-state index contributed by atoms with van der Waals surface area (Å²) in [6.07, 6.45) is 0. The van der Waals surface area contributed by atoms with Crippen molar-refractivity contribution in [1.82, 2.24) is 73.1 Å². The lowest BCUT2D eigenvalue weighted by Gasteiger charge is -2.23. The van der Waals surface area contributed by atoms with Crippen molar-refractivity contribution in [1.29, 1.82) is 0 Å². The summed E-state index contributed by atoms with van der Waals surface area (Å²) in [7, 11) is 10.6. The number of aromatic nitrogens is 10. The first-order valence-corrected chi connectivity index (χ1v) is 37.6. The summed E-state index contributed by atoms with van der Waals surface area (Å²) in [6, 6.07) is 12.6. The van der Waals surface area contributed by atoms with Crippen molar-refractivity contribution >= 4 is 171 Å². The molecular formula is C73H82Cl10FN15O10. The molecular weight excluding hydrogens is 1620 g/mol. The molecule has 0 aliphatic heterocycles. The summed E-state index contributed by atoms with van der Waals surface area (Å²) >= 11 is 60.0. The third-order valence-electron chi connectivity index (χ3n) is 17.1. The molecule has 36 heteroatoms. The number of hydrogen-bond donors (Lipinski definition) is 7. The molecule has 109 heavy (non-hydrogen) atoms. The largest absolute Gasteiger partial charge is 0.504 e. The molecule has 0 amide bonds. The highest BCUT2D eigenvalue weighted by Gasteiger charge is 2.26. The molecule has 0 unspecified atom stereocenters. The third kappa shape index (κ3) is 19.9. The average Bonchev–Trinajstić information content (AvgIpc) is 0.786. The molecule has 0 radical (unpaired) electrons. The summed E-state index contributed by atoms with van der Waals surface area (Å²) in [6.45, 7) is 22.6. The molecule has 5 aromatic heterocycles. The van der Waals surface area contributed by atoms with Crippen LogP contribution in [0.1, 0.15) is 115 Å². The minimum Gasteiger partial charge on any atom is -0.504 e. The van der Waals surface area contributed by atoms with E-state index in [0.717, 1.165) is 25.2 Å². The Kier molecular flexibility index (Phi) is 31.2. The lowest BCUT2D eigenvalue weighted by atomic mass is 10.2. The van der Waals surface area contributed by atoms with Crippen LogP contribution in [0.3, 0.4) is 0 Å². The molecule has 0 spiro atoms. The summed E-state index contributed by atoms with van der Waals surface area (Å²) in [5.74, 6) is 1.17. The van der Waals surface area contributed by atoms with Crippen molar-refractivity contribution in [2.75, 3.05) is 47.8 Å². The smallest absolute Gasteiger partial charge is 0.263 e. The van der Waals surface area contributed by atoms with Crippen LogP contribution in [-0.2, 0) is 53.4 Å². The molecule has 586 valence electrons. The van der Waals surface area contributed by atoms with Crippen LogP contribution >= 0.6 is 116 Å². The van der Waals surface area contributed by atoms with Crippen LogP contribution in [0.4, 0.5) is 4.39 Å². The van der Waals surface area contributed by atoms with Crippen LogP contribution in [0.5, 0.6) is 28.7 Å². The van der Waals surface area contributed by atoms with Crippen molar-refractivity contribution in [2.45, 2.75) is 120 Å². The SMILES string of the molecule is CC(C)n1c(CN(C)C)nc2c(O)c(Cl)cc(Cl)c2c1=O.CCN(C)Cc1nc2c(O)c(Cl)cc(Cl)c2c(=O)n1C.CCN(CC)Cc1nc2c(O)c(Cl)cc(Cl)c2c(=O)n1C(C)C.CNCc1nc2c(O)c(Cl)cc(Cl)c2c(=O)n1C(C)C.Cn1c(CNCc2ccc(F)cc2)nc2c(O)c(Cl)cc(Cl)c2c1=O. The Hall–Kier alpha value is -7.35. The quantitative estimate of drug-likeness (QED) is 0.0420. The number of rotatable bonds is 18. The van der Waals surface area contributed by atoms with Gasteiger partial charge in [-0.25, -0.2) is 29.3 Å². The zero-order chi connectivity index (χ0) is 81.4. The van der Waals surface area contributed by atoms with Gasteiger partial charge in [-0.05, 0) is 137 Å². The molecule has 0 bridgehead atoms. The number of fused-ring (bicyclic) bond motifs is 5. The Morgan fingerprint density at radius 2 is 0.706 bits per heavy atom. The van der Waals surface area contributed by atoms with E-state index in [1.165, 1.54) is 51.6 Å². The fourth-order valence-corrected chi connectivity index (χ4v) is 14.1. The predicted octanol–water partition coefficient (Wildman–Crippen LogP) is 15.4. The van der Waals surface area contributed by atoms with Crippen molar-refractivity contribution in [3.63, 3.8) is 0 Å². The second-order valence-electron chi connectivity index (χ2n) is 26.0. The van der Waals surface area contributed by atoms with E-state index < -0.39 is 0 Å². The van der Waals surface area contributed by atoms with Gasteiger partial charge in [-0.15, -0.1) is 0 Å². The van der Waals surface area contributed by atoms with Crippen LogP contribution in [0.15, 0.2) is 78.6 Å². The van der Waals surface area contributed by atoms with Crippen LogP contribution < -0.4 is 38.4 Å². The number of nitrogens with zero attached hydrogens (tertiary/aromatic N) is 13. The van der Waals surface area contributed by atoms with E-state index >= 15 is 0 Å². The van der Waals surface area contributed by atoms with E-state index in [-0.39, 0.29) is 192 Å². The number of hydrogen-bond acceptors (Lipinski definition) is 20. The third-order valence-corrected chi connectivity index (χ3v) is 20.1. The van der Waals surface area contributed by atoms with Gasteiger partial charge in [0.2, 0.25) is 0 Å². The Labute approximate surface area is 676 Å². The molecule has 5 heterocycles. The average molecular weight is 1700 g/mol. The van der Waals surface area contributed by atoms with E-state index in [2.05, 4.69) is 40.5 Å². The van der Waals surface area contributed by atoms with Crippen molar-refractivity contribution in [3.8, 4) is 28.7 Å². The van der Waals surface area contributed by atoms with Gasteiger partial charge < -0.3 is 41.1 Å². The van der Waals surface area contributed by atoms with Gasteiger partial charge in [0.25, 0.3) is 27.8 Å². The number of phenolic OH excluding ortho intramolecular Hbond substituents is 5. The Balaban J connectivity index is 0.000000190. The Bertz CT molecular complexity index is 5570. The van der Waals surface area contributed by atoms with Crippen molar-refractivity contribution in [3.05, 3.63) is 197 Å². The van der Waals surface area contributed by atoms with Gasteiger partial charge in [-0.1, -0.05) is 149 Å². The van der Waals surface area contributed by atoms with E-state index in [9.17, 15) is 53.9 Å². The van der Waals surface area contributed by atoms with E-state index in [1.807, 2.05) is 93.3 Å². The highest BCUT2D eigenvalue weighted by atomic mass is 35.5. The number of phenols is 5. The van der Waals surface area contributed by atoms with Crippen LogP contribution in [0.25, 0.3) is 54.5 Å². The first-order valence-electron chi connectivity index (χ1n) is 33.8. The number of nitrogens with one attached hydrogen (secondary N) is 2. The Morgan fingerprint density at radius 1 is 0.404 bits per heavy atom. The molecule has 11 rings (SSSR count). The first-order chi connectivity index (χ1) is 51.2. The summed E-state index contributed by atoms with van der Waals surface area (Å²) in [5.41, 5.74) is 0.0463. The first kappa shape index (κ1) is 88.9. The molecule has 6 aromatic carbocycles. The van der Waals surface area contributed by atoms with Crippen LogP contribution in [-0.4, -0.2) is 136 Å². The highest BCUT2D eigenvalue weighted by molar-refractivity contribution is 6.42. The molecule has 11 aromatic rings. The number of benzene rings is 6. The number of aromatic hydroxyl groups is 5. The van der Waals surface area contributed by atoms with Crippen LogP contribution in [0, 0.1) is 5.82 Å². The van der Waals surface area contributed by atoms with Crippen LogP contribution in [0.2, 0.25) is 50.2 Å². The van der Waals surface area contributed by atoms with Crippen molar-refractivity contribution in [2.24, 2.45) is 14.1 Å². The molecule has 7 N–H and O–H groups in total. The molecule has 0 aliphatic rings. The lowest BCUT2D eigenvalue weighted by Crippen LogP contribution is -2.32. The highest BCUT2D eigenvalue weighted by Crippen LogP contribution is 2.40. The van der Waals surface area contributed by atoms with Crippen molar-refractivity contribution < 1.29 is 29.9 Å². The maximum absolute atomic E-state index is 12.9. The van der Waals surface area contributed by atoms with Gasteiger partial charge >= 0.3 is 0 Å². The Morgan fingerprint density at radius 3 is 1.03 bits per heavy atom. The minimum absolute atomic E-state index is 0.0310. The van der Waals surface area contributed by atoms with E-state index in [0.29, 0.717) is 61.8 Å². The van der Waals surface area contributed by atoms with E-state index in [4.69, 9.17) is 116 Å². The van der Waals surface area contributed by atoms with Gasteiger partial charge in [-0.2, -0.15) is 0 Å². The zero-order valence-corrected chi connectivity index (χ0v) is 69.6. The lowest BCUT2D eigenvalue weighted by molar-refractivity contribution is 0.279. The fourth-order valence-electron chi connectivity index (χ4n) is 11.4. The topological polar surface area (TPSA) is 309 Å². The maximum Gasteiger partial charge on any atom is 0.263 e.